The van der Waals surface area contributed by atoms with E-state index in [9.17, 15) is 5.11 Å². The molecule has 1 aliphatic carbocycles. The van der Waals surface area contributed by atoms with Gasteiger partial charge in [-0.25, -0.2) is 0 Å². The molecule has 1 fully saturated rings. The van der Waals surface area contributed by atoms with Crippen LogP contribution in [0.4, 0.5) is 0 Å². The lowest BCUT2D eigenvalue weighted by atomic mass is 9.93. The lowest BCUT2D eigenvalue weighted by Crippen LogP contribution is -2.04. The van der Waals surface area contributed by atoms with Gasteiger partial charge >= 0.3 is 0 Å². The first kappa shape index (κ1) is 11.7. The summed E-state index contributed by atoms with van der Waals surface area (Å²) in [6, 6.07) is 4.34. The van der Waals surface area contributed by atoms with Crippen LogP contribution < -0.4 is 0 Å². The van der Waals surface area contributed by atoms with Gasteiger partial charge in [-0.2, -0.15) is 0 Å². The van der Waals surface area contributed by atoms with Gasteiger partial charge in [-0.3, -0.25) is 0 Å². The van der Waals surface area contributed by atoms with Crippen LogP contribution in [-0.2, 0) is 0 Å². The van der Waals surface area contributed by atoms with E-state index in [0.717, 1.165) is 17.9 Å². The van der Waals surface area contributed by atoms with Gasteiger partial charge in [0, 0.05) is 0 Å². The van der Waals surface area contributed by atoms with Crippen LogP contribution in [-0.4, -0.2) is 5.11 Å². The van der Waals surface area contributed by atoms with Gasteiger partial charge in [-0.15, -0.1) is 0 Å². The van der Waals surface area contributed by atoms with Crippen LogP contribution in [0.15, 0.2) is 12.1 Å². The zero-order valence-corrected chi connectivity index (χ0v) is 10.6. The molecule has 0 aliphatic heterocycles. The van der Waals surface area contributed by atoms with Crippen molar-refractivity contribution in [2.75, 3.05) is 0 Å². The second-order valence-corrected chi connectivity index (χ2v) is 5.35. The maximum atomic E-state index is 10.2. The fraction of sp³-hybridized carbons (Fsp3) is 0.600. The van der Waals surface area contributed by atoms with Crippen molar-refractivity contribution in [2.45, 2.75) is 52.6 Å². The zero-order chi connectivity index (χ0) is 11.7. The van der Waals surface area contributed by atoms with Gasteiger partial charge in [0.2, 0.25) is 0 Å². The van der Waals surface area contributed by atoms with E-state index in [2.05, 4.69) is 32.9 Å². The van der Waals surface area contributed by atoms with Gasteiger partial charge in [0.05, 0.1) is 6.10 Å². The third-order valence-electron chi connectivity index (χ3n) is 3.62. The van der Waals surface area contributed by atoms with Gasteiger partial charge < -0.3 is 5.11 Å². The molecular formula is C15H22O. The maximum absolute atomic E-state index is 10.2. The average molecular weight is 218 g/mol. The molecule has 88 valence electrons. The molecule has 0 amide bonds. The minimum absolute atomic E-state index is 0.263. The first-order valence-electron chi connectivity index (χ1n) is 6.33. The lowest BCUT2D eigenvalue weighted by Gasteiger charge is -2.17. The summed E-state index contributed by atoms with van der Waals surface area (Å²) in [4.78, 5) is 0. The average Bonchev–Trinajstić information content (AvgIpc) is 2.96. The van der Waals surface area contributed by atoms with Crippen molar-refractivity contribution in [3.8, 4) is 0 Å². The first-order chi connectivity index (χ1) is 7.58. The summed E-state index contributed by atoms with van der Waals surface area (Å²) in [5.74, 6) is 0.903. The summed E-state index contributed by atoms with van der Waals surface area (Å²) in [5.41, 5.74) is 4.92. The lowest BCUT2D eigenvalue weighted by molar-refractivity contribution is 0.161. The maximum Gasteiger partial charge on any atom is 0.0795 e. The Morgan fingerprint density at radius 3 is 2.25 bits per heavy atom. The molecule has 1 heteroatoms. The number of aliphatic hydroxyl groups is 1. The molecule has 1 N–H and O–H groups in total. The molecule has 0 bridgehead atoms. The van der Waals surface area contributed by atoms with Crippen molar-refractivity contribution in [3.05, 3.63) is 34.4 Å². The van der Waals surface area contributed by atoms with E-state index in [0.29, 0.717) is 0 Å². The van der Waals surface area contributed by atoms with Crippen LogP contribution in [0.3, 0.4) is 0 Å². The Kier molecular flexibility index (Phi) is 3.34. The highest BCUT2D eigenvalue weighted by Crippen LogP contribution is 2.36. The molecule has 1 unspecified atom stereocenters. The number of hydrogen-bond acceptors (Lipinski definition) is 1. The Hall–Kier alpha value is -0.820. The monoisotopic (exact) mass is 218 g/mol. The molecule has 1 aromatic carbocycles. The Morgan fingerprint density at radius 2 is 1.75 bits per heavy atom. The van der Waals surface area contributed by atoms with Crippen LogP contribution in [0.1, 0.15) is 54.0 Å². The summed E-state index contributed by atoms with van der Waals surface area (Å²) in [6.07, 6.45) is 4.60. The smallest absolute Gasteiger partial charge is 0.0795 e. The number of aryl methyl sites for hydroxylation is 3. The van der Waals surface area contributed by atoms with Gasteiger partial charge in [0.15, 0.2) is 0 Å². The van der Waals surface area contributed by atoms with Gasteiger partial charge in [-0.05, 0) is 56.2 Å². The van der Waals surface area contributed by atoms with E-state index in [-0.39, 0.29) is 6.10 Å². The van der Waals surface area contributed by atoms with E-state index in [4.69, 9.17) is 0 Å². The van der Waals surface area contributed by atoms with E-state index in [1.807, 2.05) is 0 Å². The molecule has 1 saturated carbocycles. The van der Waals surface area contributed by atoms with Crippen molar-refractivity contribution in [1.82, 2.24) is 0 Å². The van der Waals surface area contributed by atoms with E-state index >= 15 is 0 Å². The molecular weight excluding hydrogens is 196 g/mol. The molecule has 0 heterocycles. The second kappa shape index (κ2) is 4.58. The highest BCUT2D eigenvalue weighted by atomic mass is 16.3. The zero-order valence-electron chi connectivity index (χ0n) is 10.6. The van der Waals surface area contributed by atoms with Crippen LogP contribution in [0.25, 0.3) is 0 Å². The predicted molar refractivity (Wildman–Crippen MR) is 67.6 cm³/mol. The van der Waals surface area contributed by atoms with Gasteiger partial charge in [-0.1, -0.05) is 30.5 Å². The van der Waals surface area contributed by atoms with Crippen molar-refractivity contribution < 1.29 is 5.11 Å². The number of rotatable bonds is 4. The van der Waals surface area contributed by atoms with Crippen molar-refractivity contribution in [2.24, 2.45) is 5.92 Å². The van der Waals surface area contributed by atoms with E-state index in [1.165, 1.54) is 36.0 Å². The van der Waals surface area contributed by atoms with Crippen LogP contribution >= 0.6 is 0 Å². The Balaban J connectivity index is 2.11. The van der Waals surface area contributed by atoms with Crippen molar-refractivity contribution in [3.63, 3.8) is 0 Å². The minimum atomic E-state index is -0.263. The summed E-state index contributed by atoms with van der Waals surface area (Å²) in [6.45, 7) is 6.33. The fourth-order valence-electron chi connectivity index (χ4n) is 2.66. The summed E-state index contributed by atoms with van der Waals surface area (Å²) < 4.78 is 0. The largest absolute Gasteiger partial charge is 0.388 e. The van der Waals surface area contributed by atoms with Crippen molar-refractivity contribution >= 4 is 0 Å². The van der Waals surface area contributed by atoms with E-state index in [1.54, 1.807) is 0 Å². The molecule has 1 atom stereocenters. The molecule has 0 saturated heterocycles. The predicted octanol–water partition coefficient (Wildman–Crippen LogP) is 3.84. The van der Waals surface area contributed by atoms with Crippen molar-refractivity contribution in [1.29, 1.82) is 0 Å². The van der Waals surface area contributed by atoms with Crippen LogP contribution in [0.2, 0.25) is 0 Å². The van der Waals surface area contributed by atoms with Gasteiger partial charge in [0.25, 0.3) is 0 Å². The molecule has 1 nitrogen and oxygen atoms in total. The van der Waals surface area contributed by atoms with Gasteiger partial charge in [0.1, 0.15) is 0 Å². The SMILES string of the molecule is Cc1cc(C)c(C(O)CCC2CC2)c(C)c1. The molecule has 0 spiro atoms. The summed E-state index contributed by atoms with van der Waals surface area (Å²) >= 11 is 0. The topological polar surface area (TPSA) is 20.2 Å². The number of benzene rings is 1. The molecule has 1 aliphatic rings. The standard InChI is InChI=1S/C15H22O/c1-10-8-11(2)15(12(3)9-10)14(16)7-6-13-4-5-13/h8-9,13-14,16H,4-7H2,1-3H3. The normalized spacial score (nSPS) is 17.5. The Labute approximate surface area is 98.5 Å². The second-order valence-electron chi connectivity index (χ2n) is 5.35. The third-order valence-corrected chi connectivity index (χ3v) is 3.62. The highest BCUT2D eigenvalue weighted by Gasteiger charge is 2.23. The molecule has 1 aromatic rings. The van der Waals surface area contributed by atoms with E-state index < -0.39 is 0 Å². The first-order valence-corrected chi connectivity index (χ1v) is 6.33. The molecule has 0 radical (unpaired) electrons. The highest BCUT2D eigenvalue weighted by molar-refractivity contribution is 5.38. The fourth-order valence-corrected chi connectivity index (χ4v) is 2.66. The molecule has 16 heavy (non-hydrogen) atoms. The molecule has 0 aromatic heterocycles. The summed E-state index contributed by atoms with van der Waals surface area (Å²) in [5, 5.41) is 10.2. The molecule has 2 rings (SSSR count). The third kappa shape index (κ3) is 2.65. The number of aliphatic hydroxyl groups excluding tert-OH is 1. The minimum Gasteiger partial charge on any atom is -0.388 e. The van der Waals surface area contributed by atoms with Crippen LogP contribution in [0, 0.1) is 26.7 Å². The van der Waals surface area contributed by atoms with Crippen LogP contribution in [0.5, 0.6) is 0 Å². The quantitative estimate of drug-likeness (QED) is 0.814. The number of hydrogen-bond donors (Lipinski definition) is 1. The summed E-state index contributed by atoms with van der Waals surface area (Å²) in [7, 11) is 0. The Morgan fingerprint density at radius 1 is 1.19 bits per heavy atom. The Bertz CT molecular complexity index is 354.